The normalized spacial score (nSPS) is 20.8. The van der Waals surface area contributed by atoms with Gasteiger partial charge in [-0.05, 0) is 18.6 Å². The molecule has 2 N–H and O–H groups in total. The van der Waals surface area contributed by atoms with Crippen LogP contribution in [0.15, 0.2) is 0 Å². The summed E-state index contributed by atoms with van der Waals surface area (Å²) in [5.74, 6) is 0.305. The molecular formula is C11H21NO6S2. The van der Waals surface area contributed by atoms with E-state index in [1.165, 1.54) is 0 Å². The summed E-state index contributed by atoms with van der Waals surface area (Å²) in [5.41, 5.74) is 0. The first kappa shape index (κ1) is 17.6. The van der Waals surface area contributed by atoms with Gasteiger partial charge in [-0.1, -0.05) is 0 Å². The van der Waals surface area contributed by atoms with Gasteiger partial charge in [0.2, 0.25) is 0 Å². The van der Waals surface area contributed by atoms with Gasteiger partial charge in [0.15, 0.2) is 9.84 Å². The van der Waals surface area contributed by atoms with Crippen molar-refractivity contribution in [3.05, 3.63) is 0 Å². The third-order valence-corrected chi connectivity index (χ3v) is 4.63. The molecule has 0 unspecified atom stereocenters. The van der Waals surface area contributed by atoms with Crippen molar-refractivity contribution in [2.45, 2.75) is 12.5 Å². The average Bonchev–Trinajstić information content (AvgIpc) is 2.72. The Morgan fingerprint density at radius 3 is 2.45 bits per heavy atom. The molecule has 20 heavy (non-hydrogen) atoms. The quantitative estimate of drug-likeness (QED) is 0.415. The van der Waals surface area contributed by atoms with Crippen molar-refractivity contribution >= 4 is 27.2 Å². The Balaban J connectivity index is 1.96. The largest absolute Gasteiger partial charge is 0.469 e. The van der Waals surface area contributed by atoms with Crippen LogP contribution in [0.4, 0.5) is 0 Å². The molecule has 1 aliphatic rings. The second kappa shape index (κ2) is 9.46. The fraction of sp³-hybridized carbons (Fsp3) is 0.909. The zero-order chi connectivity index (χ0) is 14.8. The first-order valence-electron chi connectivity index (χ1n) is 6.43. The summed E-state index contributed by atoms with van der Waals surface area (Å²) >= 11 is 4.96. The van der Waals surface area contributed by atoms with E-state index in [2.05, 4.69) is 5.32 Å². The molecule has 1 saturated heterocycles. The Kier molecular flexibility index (Phi) is 8.31. The van der Waals surface area contributed by atoms with Crippen LogP contribution in [0.2, 0.25) is 0 Å². The number of thiocarbonyl (C=S) groups is 1. The second-order valence-corrected chi connectivity index (χ2v) is 6.93. The fourth-order valence-corrected chi connectivity index (χ4v) is 3.62. The van der Waals surface area contributed by atoms with Gasteiger partial charge < -0.3 is 24.6 Å². The van der Waals surface area contributed by atoms with E-state index in [4.69, 9.17) is 31.5 Å². The molecule has 1 atom stereocenters. The zero-order valence-electron chi connectivity index (χ0n) is 11.2. The van der Waals surface area contributed by atoms with Gasteiger partial charge >= 0.3 is 0 Å². The highest BCUT2D eigenvalue weighted by Gasteiger charge is 2.28. The maximum atomic E-state index is 11.3. The van der Waals surface area contributed by atoms with Crippen molar-refractivity contribution in [2.75, 3.05) is 51.1 Å². The van der Waals surface area contributed by atoms with E-state index >= 15 is 0 Å². The third kappa shape index (κ3) is 7.95. The lowest BCUT2D eigenvalue weighted by atomic mass is 10.3. The van der Waals surface area contributed by atoms with E-state index in [0.717, 1.165) is 0 Å². The summed E-state index contributed by atoms with van der Waals surface area (Å²) in [4.78, 5) is 0. The molecule has 0 aromatic rings. The standard InChI is InChI=1S/C11H21NO6S2/c13-2-3-16-4-5-17-6-7-18-11(19)12-10-1-8-20(14,15)9-10/h10,13H,1-9H2,(H,12,19)/t10-/m0/s1. The van der Waals surface area contributed by atoms with Crippen molar-refractivity contribution in [2.24, 2.45) is 0 Å². The number of hydrogen-bond acceptors (Lipinski definition) is 7. The van der Waals surface area contributed by atoms with Gasteiger partial charge in [-0.2, -0.15) is 0 Å². The van der Waals surface area contributed by atoms with Crippen molar-refractivity contribution in [1.82, 2.24) is 5.32 Å². The van der Waals surface area contributed by atoms with E-state index < -0.39 is 9.84 Å². The molecule has 1 fully saturated rings. The Morgan fingerprint density at radius 2 is 1.85 bits per heavy atom. The molecule has 0 aromatic carbocycles. The van der Waals surface area contributed by atoms with Crippen molar-refractivity contribution in [1.29, 1.82) is 0 Å². The fourth-order valence-electron chi connectivity index (χ4n) is 1.70. The molecule has 1 rings (SSSR count). The molecule has 0 saturated carbocycles. The Bertz CT molecular complexity index is 386. The maximum absolute atomic E-state index is 11.3. The van der Waals surface area contributed by atoms with Crippen LogP contribution in [0.1, 0.15) is 6.42 Å². The number of aliphatic hydroxyl groups is 1. The van der Waals surface area contributed by atoms with Crippen LogP contribution in [0.5, 0.6) is 0 Å². The lowest BCUT2D eigenvalue weighted by Gasteiger charge is -2.14. The molecule has 0 bridgehead atoms. The zero-order valence-corrected chi connectivity index (χ0v) is 12.9. The predicted molar refractivity (Wildman–Crippen MR) is 77.5 cm³/mol. The molecule has 0 spiro atoms. The van der Waals surface area contributed by atoms with Crippen molar-refractivity contribution < 1.29 is 27.7 Å². The summed E-state index contributed by atoms with van der Waals surface area (Å²) in [6.07, 6.45) is 0.560. The van der Waals surface area contributed by atoms with E-state index in [9.17, 15) is 8.42 Å². The summed E-state index contributed by atoms with van der Waals surface area (Å²) < 4.78 is 38.0. The Morgan fingerprint density at radius 1 is 1.20 bits per heavy atom. The summed E-state index contributed by atoms with van der Waals surface area (Å²) in [6.45, 7) is 1.81. The van der Waals surface area contributed by atoms with Gasteiger partial charge in [0.1, 0.15) is 6.61 Å². The lowest BCUT2D eigenvalue weighted by molar-refractivity contribution is 0.0234. The minimum Gasteiger partial charge on any atom is -0.469 e. The lowest BCUT2D eigenvalue weighted by Crippen LogP contribution is -2.36. The minimum atomic E-state index is -2.92. The molecule has 0 aliphatic carbocycles. The van der Waals surface area contributed by atoms with Gasteiger partial charge in [0.25, 0.3) is 5.17 Å². The van der Waals surface area contributed by atoms with Crippen LogP contribution >= 0.6 is 12.2 Å². The van der Waals surface area contributed by atoms with Crippen molar-refractivity contribution in [3.8, 4) is 0 Å². The predicted octanol–water partition coefficient (Wildman–Crippen LogP) is -0.910. The molecular weight excluding hydrogens is 306 g/mol. The number of nitrogens with one attached hydrogen (secondary N) is 1. The molecule has 0 amide bonds. The number of ether oxygens (including phenoxy) is 3. The summed E-state index contributed by atoms with van der Waals surface area (Å²) in [7, 11) is -2.92. The Hall–Kier alpha value is -0.480. The van der Waals surface area contributed by atoms with Crippen LogP contribution < -0.4 is 5.32 Å². The average molecular weight is 327 g/mol. The van der Waals surface area contributed by atoms with E-state index in [0.29, 0.717) is 39.5 Å². The molecule has 118 valence electrons. The third-order valence-electron chi connectivity index (χ3n) is 2.62. The van der Waals surface area contributed by atoms with Gasteiger partial charge in [-0.15, -0.1) is 0 Å². The highest BCUT2D eigenvalue weighted by atomic mass is 32.2. The summed E-state index contributed by atoms with van der Waals surface area (Å²) in [5, 5.41) is 11.5. The SMILES string of the molecule is O=S1(=O)CC[C@H](NC(=S)OCCOCCOCCO)C1. The molecule has 1 heterocycles. The van der Waals surface area contributed by atoms with Gasteiger partial charge in [-0.25, -0.2) is 8.42 Å². The number of rotatable bonds is 9. The van der Waals surface area contributed by atoms with Gasteiger partial charge in [0.05, 0.1) is 44.5 Å². The Labute approximate surface area is 124 Å². The van der Waals surface area contributed by atoms with Crippen LogP contribution in [0.25, 0.3) is 0 Å². The number of hydrogen-bond donors (Lipinski definition) is 2. The van der Waals surface area contributed by atoms with Crippen LogP contribution in [0.3, 0.4) is 0 Å². The minimum absolute atomic E-state index is 0.0000619. The summed E-state index contributed by atoms with van der Waals surface area (Å²) in [6, 6.07) is -0.152. The molecule has 0 radical (unpaired) electrons. The molecule has 9 heteroatoms. The smallest absolute Gasteiger partial charge is 0.256 e. The van der Waals surface area contributed by atoms with E-state index in [-0.39, 0.29) is 29.3 Å². The molecule has 7 nitrogen and oxygen atoms in total. The molecule has 1 aliphatic heterocycles. The first-order chi connectivity index (χ1) is 9.53. The van der Waals surface area contributed by atoms with Gasteiger partial charge in [-0.3, -0.25) is 0 Å². The number of aliphatic hydroxyl groups excluding tert-OH is 1. The highest BCUT2D eigenvalue weighted by molar-refractivity contribution is 7.91. The van der Waals surface area contributed by atoms with Crippen LogP contribution in [-0.4, -0.2) is 75.9 Å². The van der Waals surface area contributed by atoms with Crippen LogP contribution in [-0.2, 0) is 24.0 Å². The topological polar surface area (TPSA) is 94.1 Å². The highest BCUT2D eigenvalue weighted by Crippen LogP contribution is 2.11. The van der Waals surface area contributed by atoms with E-state index in [1.807, 2.05) is 0 Å². The second-order valence-electron chi connectivity index (χ2n) is 4.33. The maximum Gasteiger partial charge on any atom is 0.256 e. The van der Waals surface area contributed by atoms with Crippen LogP contribution in [0, 0.1) is 0 Å². The number of sulfone groups is 1. The molecule has 0 aromatic heterocycles. The van der Waals surface area contributed by atoms with Crippen molar-refractivity contribution in [3.63, 3.8) is 0 Å². The van der Waals surface area contributed by atoms with Gasteiger partial charge in [0, 0.05) is 6.04 Å². The monoisotopic (exact) mass is 327 g/mol. The van der Waals surface area contributed by atoms with E-state index in [1.54, 1.807) is 0 Å². The first-order valence-corrected chi connectivity index (χ1v) is 8.66.